The van der Waals surface area contributed by atoms with Crippen LogP contribution in [-0.2, 0) is 4.79 Å². The van der Waals surface area contributed by atoms with Gasteiger partial charge in [0.15, 0.2) is 0 Å². The van der Waals surface area contributed by atoms with E-state index in [2.05, 4.69) is 0 Å². The van der Waals surface area contributed by atoms with Crippen LogP contribution in [0.3, 0.4) is 0 Å². The molecule has 1 rings (SSSR count). The molecular formula is C14H18Cl2O3. The van der Waals surface area contributed by atoms with Crippen LogP contribution in [0.5, 0.6) is 0 Å². The topological polar surface area (TPSA) is 57.5 Å². The Labute approximate surface area is 123 Å². The molecule has 0 bridgehead atoms. The highest BCUT2D eigenvalue weighted by Crippen LogP contribution is 2.36. The lowest BCUT2D eigenvalue weighted by Gasteiger charge is -2.28. The number of benzene rings is 1. The summed E-state index contributed by atoms with van der Waals surface area (Å²) in [7, 11) is 0. The molecule has 2 N–H and O–H groups in total. The minimum Gasteiger partial charge on any atom is -0.392 e. The lowest BCUT2D eigenvalue weighted by molar-refractivity contribution is -0.125. The van der Waals surface area contributed by atoms with Gasteiger partial charge in [-0.1, -0.05) is 43.1 Å². The summed E-state index contributed by atoms with van der Waals surface area (Å²) in [4.78, 5) is 11.3. The van der Waals surface area contributed by atoms with E-state index >= 15 is 0 Å². The van der Waals surface area contributed by atoms with Crippen LogP contribution in [-0.4, -0.2) is 22.1 Å². The van der Waals surface area contributed by atoms with Crippen molar-refractivity contribution in [2.75, 3.05) is 0 Å². The second-order valence-corrected chi connectivity index (χ2v) is 5.64. The summed E-state index contributed by atoms with van der Waals surface area (Å²) in [6.45, 7) is 4.70. The van der Waals surface area contributed by atoms with E-state index in [4.69, 9.17) is 23.2 Å². The van der Waals surface area contributed by atoms with Gasteiger partial charge in [0.25, 0.3) is 0 Å². The zero-order valence-electron chi connectivity index (χ0n) is 11.1. The first-order valence-electron chi connectivity index (χ1n) is 6.07. The minimum absolute atomic E-state index is 0.128. The van der Waals surface area contributed by atoms with Crippen molar-refractivity contribution in [1.82, 2.24) is 0 Å². The summed E-state index contributed by atoms with van der Waals surface area (Å²) in [6.07, 6.45) is -1.99. The van der Waals surface area contributed by atoms with Gasteiger partial charge in [-0.2, -0.15) is 0 Å². The lowest BCUT2D eigenvalue weighted by Crippen LogP contribution is -2.33. The third-order valence-corrected chi connectivity index (χ3v) is 4.14. The number of halogens is 2. The van der Waals surface area contributed by atoms with Gasteiger partial charge in [0, 0.05) is 27.4 Å². The van der Waals surface area contributed by atoms with E-state index in [0.29, 0.717) is 15.6 Å². The second-order valence-electron chi connectivity index (χ2n) is 4.83. The number of carbonyl (C=O) groups excluding carboxylic acids is 1. The molecule has 0 radical (unpaired) electrons. The van der Waals surface area contributed by atoms with Gasteiger partial charge < -0.3 is 10.2 Å². The second kappa shape index (κ2) is 6.71. The Morgan fingerprint density at radius 3 is 2.05 bits per heavy atom. The van der Waals surface area contributed by atoms with Gasteiger partial charge in [0.05, 0.1) is 12.2 Å². The summed E-state index contributed by atoms with van der Waals surface area (Å²) in [5, 5.41) is 21.1. The van der Waals surface area contributed by atoms with Crippen molar-refractivity contribution in [2.24, 2.45) is 11.8 Å². The van der Waals surface area contributed by atoms with E-state index in [9.17, 15) is 15.0 Å². The first-order chi connectivity index (χ1) is 8.77. The molecule has 0 saturated heterocycles. The van der Waals surface area contributed by atoms with E-state index in [-0.39, 0.29) is 5.78 Å². The van der Waals surface area contributed by atoms with E-state index < -0.39 is 24.0 Å². The first kappa shape index (κ1) is 16.4. The monoisotopic (exact) mass is 304 g/mol. The molecule has 0 fully saturated rings. The normalized spacial score (nSPS) is 17.6. The van der Waals surface area contributed by atoms with Gasteiger partial charge in [-0.25, -0.2) is 0 Å². The highest BCUT2D eigenvalue weighted by molar-refractivity contribution is 6.36. The van der Waals surface area contributed by atoms with E-state index in [1.165, 1.54) is 6.92 Å². The first-order valence-corrected chi connectivity index (χ1v) is 6.83. The standard InChI is InChI=1S/C14H18Cl2O3/c1-7(9(3)17)13(18)8(2)14(19)12-10(15)5-4-6-11(12)16/h4-8,13-14,18-19H,1-3H3/t7-,8-,13+,14+/m1/s1. The molecule has 5 heteroatoms. The number of hydrogen-bond acceptors (Lipinski definition) is 3. The highest BCUT2D eigenvalue weighted by Gasteiger charge is 2.31. The van der Waals surface area contributed by atoms with Crippen molar-refractivity contribution in [1.29, 1.82) is 0 Å². The van der Waals surface area contributed by atoms with Crippen LogP contribution in [0.2, 0.25) is 10.0 Å². The predicted octanol–water partition coefficient (Wildman–Crippen LogP) is 3.25. The number of ketones is 1. The maximum Gasteiger partial charge on any atom is 0.135 e. The molecule has 0 aromatic heterocycles. The lowest BCUT2D eigenvalue weighted by atomic mass is 9.85. The van der Waals surface area contributed by atoms with Crippen molar-refractivity contribution < 1.29 is 15.0 Å². The number of hydrogen-bond donors (Lipinski definition) is 2. The minimum atomic E-state index is -1.03. The molecule has 0 unspecified atom stereocenters. The van der Waals surface area contributed by atoms with E-state index in [0.717, 1.165) is 0 Å². The van der Waals surface area contributed by atoms with Crippen LogP contribution < -0.4 is 0 Å². The average molecular weight is 305 g/mol. The van der Waals surface area contributed by atoms with E-state index in [1.807, 2.05) is 0 Å². The SMILES string of the molecule is CC(=O)[C@@H](C)[C@H](O)[C@@H](C)[C@H](O)c1c(Cl)cccc1Cl. The van der Waals surface area contributed by atoms with Gasteiger partial charge >= 0.3 is 0 Å². The van der Waals surface area contributed by atoms with Gasteiger partial charge in [0.1, 0.15) is 5.78 Å². The third-order valence-electron chi connectivity index (χ3n) is 3.49. The molecule has 3 nitrogen and oxygen atoms in total. The van der Waals surface area contributed by atoms with Crippen molar-refractivity contribution in [3.05, 3.63) is 33.8 Å². The summed E-state index contributed by atoms with van der Waals surface area (Å²) in [6, 6.07) is 4.93. The summed E-state index contributed by atoms with van der Waals surface area (Å²) in [5.41, 5.74) is 0.383. The average Bonchev–Trinajstić information content (AvgIpc) is 2.35. The number of carbonyl (C=O) groups is 1. The molecule has 0 amide bonds. The highest BCUT2D eigenvalue weighted by atomic mass is 35.5. The van der Waals surface area contributed by atoms with Crippen LogP contribution in [0.1, 0.15) is 32.4 Å². The van der Waals surface area contributed by atoms with Crippen molar-refractivity contribution in [2.45, 2.75) is 33.0 Å². The van der Waals surface area contributed by atoms with Crippen molar-refractivity contribution in [3.8, 4) is 0 Å². The van der Waals surface area contributed by atoms with E-state index in [1.54, 1.807) is 32.0 Å². The van der Waals surface area contributed by atoms with Crippen LogP contribution >= 0.6 is 23.2 Å². The zero-order chi connectivity index (χ0) is 14.7. The molecule has 0 aliphatic carbocycles. The molecular weight excluding hydrogens is 287 g/mol. The Hall–Kier alpha value is -0.610. The molecule has 0 aliphatic heterocycles. The Bertz CT molecular complexity index is 442. The Morgan fingerprint density at radius 1 is 1.16 bits per heavy atom. The summed E-state index contributed by atoms with van der Waals surface area (Å²) >= 11 is 12.0. The van der Waals surface area contributed by atoms with Crippen LogP contribution in [0.15, 0.2) is 18.2 Å². The largest absolute Gasteiger partial charge is 0.392 e. The zero-order valence-corrected chi connectivity index (χ0v) is 12.6. The van der Waals surface area contributed by atoms with Crippen LogP contribution in [0.4, 0.5) is 0 Å². The molecule has 0 aliphatic rings. The molecule has 1 aromatic carbocycles. The molecule has 0 spiro atoms. The Kier molecular flexibility index (Phi) is 5.81. The smallest absolute Gasteiger partial charge is 0.135 e. The maximum absolute atomic E-state index is 11.3. The summed E-state index contributed by atoms with van der Waals surface area (Å²) in [5.74, 6) is -1.24. The number of aliphatic hydroxyl groups excluding tert-OH is 2. The molecule has 1 aromatic rings. The quantitative estimate of drug-likeness (QED) is 0.878. The maximum atomic E-state index is 11.3. The van der Waals surface area contributed by atoms with Crippen LogP contribution in [0.25, 0.3) is 0 Å². The Morgan fingerprint density at radius 2 is 1.63 bits per heavy atom. The fourth-order valence-electron chi connectivity index (χ4n) is 1.94. The molecule has 4 atom stereocenters. The van der Waals surface area contributed by atoms with Gasteiger partial charge in [-0.3, -0.25) is 4.79 Å². The third kappa shape index (κ3) is 3.69. The number of aliphatic hydroxyl groups is 2. The number of rotatable bonds is 5. The van der Waals surface area contributed by atoms with Gasteiger partial charge in [-0.15, -0.1) is 0 Å². The van der Waals surface area contributed by atoms with Gasteiger partial charge in [0.2, 0.25) is 0 Å². The van der Waals surface area contributed by atoms with Crippen molar-refractivity contribution in [3.63, 3.8) is 0 Å². The predicted molar refractivity (Wildman–Crippen MR) is 76.4 cm³/mol. The fourth-order valence-corrected chi connectivity index (χ4v) is 2.56. The Balaban J connectivity index is 3.00. The molecule has 0 saturated carbocycles. The molecule has 106 valence electrons. The van der Waals surface area contributed by atoms with Gasteiger partial charge in [-0.05, 0) is 19.1 Å². The summed E-state index contributed by atoms with van der Waals surface area (Å²) < 4.78 is 0. The van der Waals surface area contributed by atoms with Crippen LogP contribution in [0, 0.1) is 11.8 Å². The molecule has 0 heterocycles. The molecule has 19 heavy (non-hydrogen) atoms. The van der Waals surface area contributed by atoms with Crippen molar-refractivity contribution >= 4 is 29.0 Å². The number of Topliss-reactive ketones (excluding diaryl/α,β-unsaturated/α-hetero) is 1. The fraction of sp³-hybridized carbons (Fsp3) is 0.500.